The van der Waals surface area contributed by atoms with Crippen LogP contribution in [0.3, 0.4) is 0 Å². The summed E-state index contributed by atoms with van der Waals surface area (Å²) in [6, 6.07) is 9.34. The Kier molecular flexibility index (Phi) is 5.53. The molecule has 8 heteroatoms. The maximum atomic E-state index is 12.6. The van der Waals surface area contributed by atoms with Crippen LogP contribution in [-0.4, -0.2) is 53.5 Å². The predicted molar refractivity (Wildman–Crippen MR) is 117 cm³/mol. The molecule has 7 nitrogen and oxygen atoms in total. The fourth-order valence-electron chi connectivity index (χ4n) is 3.97. The number of aromatic nitrogens is 2. The quantitative estimate of drug-likeness (QED) is 0.720. The molecule has 2 aliphatic rings. The molecule has 1 aliphatic carbocycles. The van der Waals surface area contributed by atoms with Crippen LogP contribution in [0.4, 0.5) is 0 Å². The van der Waals surface area contributed by atoms with Gasteiger partial charge in [-0.15, -0.1) is 0 Å². The van der Waals surface area contributed by atoms with E-state index in [4.69, 9.17) is 5.41 Å². The van der Waals surface area contributed by atoms with Crippen LogP contribution >= 0.6 is 0 Å². The predicted octanol–water partition coefficient (Wildman–Crippen LogP) is 2.69. The number of hydrogen-bond acceptors (Lipinski definition) is 5. The molecule has 1 aromatic carbocycles. The average molecular weight is 425 g/mol. The van der Waals surface area contributed by atoms with Gasteiger partial charge in [-0.2, -0.15) is 0 Å². The molecule has 1 aliphatic heterocycles. The van der Waals surface area contributed by atoms with E-state index >= 15 is 0 Å². The number of hydrogen-bond donors (Lipinski definition) is 2. The van der Waals surface area contributed by atoms with Gasteiger partial charge < -0.3 is 10.4 Å². The smallest absolute Gasteiger partial charge is 0.211 e. The monoisotopic (exact) mass is 424 g/mol. The van der Waals surface area contributed by atoms with E-state index in [1.807, 2.05) is 30.3 Å². The summed E-state index contributed by atoms with van der Waals surface area (Å²) >= 11 is 0. The van der Waals surface area contributed by atoms with Gasteiger partial charge in [-0.05, 0) is 42.9 Å². The van der Waals surface area contributed by atoms with Crippen LogP contribution in [0.1, 0.15) is 29.9 Å². The molecule has 2 N–H and O–H groups in total. The SMILES string of the molecule is CS(=O)(=O)N1CCC(Cc2cnc(C3=CC(=O)C(c4ccccc4)=CC3=N)[nH]2)CC1. The van der Waals surface area contributed by atoms with Gasteiger partial charge in [0.05, 0.1) is 12.0 Å². The summed E-state index contributed by atoms with van der Waals surface area (Å²) in [5, 5.41) is 8.38. The summed E-state index contributed by atoms with van der Waals surface area (Å²) in [6.07, 6.45) is 8.44. The Morgan fingerprint density at radius 2 is 1.83 bits per heavy atom. The van der Waals surface area contributed by atoms with Crippen molar-refractivity contribution in [3.63, 3.8) is 0 Å². The van der Waals surface area contributed by atoms with Crippen molar-refractivity contribution in [1.29, 1.82) is 5.41 Å². The molecule has 0 atom stereocenters. The third-order valence-electron chi connectivity index (χ3n) is 5.64. The van der Waals surface area contributed by atoms with Crippen molar-refractivity contribution in [1.82, 2.24) is 14.3 Å². The number of carbonyl (C=O) groups is 1. The first-order chi connectivity index (χ1) is 14.3. The van der Waals surface area contributed by atoms with Gasteiger partial charge in [-0.1, -0.05) is 30.3 Å². The number of imidazole rings is 1. The van der Waals surface area contributed by atoms with Gasteiger partial charge in [0, 0.05) is 36.1 Å². The molecular weight excluding hydrogens is 400 g/mol. The number of ketones is 1. The van der Waals surface area contributed by atoms with Crippen molar-refractivity contribution < 1.29 is 13.2 Å². The van der Waals surface area contributed by atoms with E-state index in [1.54, 1.807) is 12.3 Å². The van der Waals surface area contributed by atoms with Crippen molar-refractivity contribution >= 4 is 32.7 Å². The Labute approximate surface area is 176 Å². The Bertz CT molecular complexity index is 1140. The number of H-pyrrole nitrogens is 1. The molecule has 0 radical (unpaired) electrons. The standard InChI is InChI=1S/C22H24N4O3S/c1-30(28,29)26-9-7-15(8-10-26)11-17-14-24-22(25-17)19-13-21(27)18(12-20(19)23)16-5-3-2-4-6-16/h2-6,12-15,23H,7-11H2,1H3,(H,24,25). The van der Waals surface area contributed by atoms with Gasteiger partial charge in [0.2, 0.25) is 10.0 Å². The fourth-order valence-corrected chi connectivity index (χ4v) is 4.85. The Hall–Kier alpha value is -2.84. The van der Waals surface area contributed by atoms with Gasteiger partial charge in [0.25, 0.3) is 0 Å². The second-order valence-corrected chi connectivity index (χ2v) is 9.81. The van der Waals surface area contributed by atoms with Crippen molar-refractivity contribution in [3.05, 3.63) is 65.8 Å². The van der Waals surface area contributed by atoms with Gasteiger partial charge in [-0.3, -0.25) is 4.79 Å². The van der Waals surface area contributed by atoms with Crippen LogP contribution in [0.15, 0.2) is 48.7 Å². The lowest BCUT2D eigenvalue weighted by atomic mass is 9.91. The number of allylic oxidation sites excluding steroid dienone is 4. The number of aromatic amines is 1. The molecule has 0 spiro atoms. The van der Waals surface area contributed by atoms with E-state index in [9.17, 15) is 13.2 Å². The number of nitrogens with one attached hydrogen (secondary N) is 2. The minimum atomic E-state index is -3.12. The highest BCUT2D eigenvalue weighted by Gasteiger charge is 2.26. The van der Waals surface area contributed by atoms with E-state index in [0.29, 0.717) is 36.0 Å². The normalized spacial score (nSPS) is 19.0. The van der Waals surface area contributed by atoms with E-state index in [1.165, 1.54) is 16.6 Å². The van der Waals surface area contributed by atoms with Crippen molar-refractivity contribution in [2.45, 2.75) is 19.3 Å². The van der Waals surface area contributed by atoms with Crippen LogP contribution in [0.25, 0.3) is 11.1 Å². The molecule has 1 saturated heterocycles. The van der Waals surface area contributed by atoms with Crippen LogP contribution in [0, 0.1) is 11.3 Å². The molecule has 2 aromatic rings. The van der Waals surface area contributed by atoms with E-state index in [2.05, 4.69) is 9.97 Å². The van der Waals surface area contributed by atoms with E-state index in [0.717, 1.165) is 30.5 Å². The first-order valence-corrected chi connectivity index (χ1v) is 11.8. The number of benzene rings is 1. The maximum absolute atomic E-state index is 12.6. The minimum Gasteiger partial charge on any atom is -0.342 e. The van der Waals surface area contributed by atoms with Crippen LogP contribution < -0.4 is 0 Å². The molecule has 156 valence electrons. The molecule has 0 amide bonds. The van der Waals surface area contributed by atoms with Crippen LogP contribution in [0.5, 0.6) is 0 Å². The minimum absolute atomic E-state index is 0.140. The second kappa shape index (κ2) is 8.12. The van der Waals surface area contributed by atoms with Crippen LogP contribution in [-0.2, 0) is 21.2 Å². The number of sulfonamides is 1. The van der Waals surface area contributed by atoms with Crippen molar-refractivity contribution in [3.8, 4) is 0 Å². The first kappa shape index (κ1) is 20.4. The lowest BCUT2D eigenvalue weighted by Crippen LogP contribution is -2.38. The van der Waals surface area contributed by atoms with Gasteiger partial charge in [0.15, 0.2) is 5.78 Å². The first-order valence-electron chi connectivity index (χ1n) is 9.92. The molecule has 0 saturated carbocycles. The third kappa shape index (κ3) is 4.34. The lowest BCUT2D eigenvalue weighted by molar-refractivity contribution is -0.109. The summed E-state index contributed by atoms with van der Waals surface area (Å²) in [6.45, 7) is 1.09. The zero-order chi connectivity index (χ0) is 21.3. The van der Waals surface area contributed by atoms with Gasteiger partial charge in [-0.25, -0.2) is 17.7 Å². The zero-order valence-corrected chi connectivity index (χ0v) is 17.6. The molecule has 2 heterocycles. The van der Waals surface area contributed by atoms with Crippen LogP contribution in [0.2, 0.25) is 0 Å². The fraction of sp³-hybridized carbons (Fsp3) is 0.318. The highest BCUT2D eigenvalue weighted by atomic mass is 32.2. The molecule has 0 bridgehead atoms. The largest absolute Gasteiger partial charge is 0.342 e. The van der Waals surface area contributed by atoms with Crippen molar-refractivity contribution in [2.75, 3.05) is 19.3 Å². The molecule has 1 fully saturated rings. The highest BCUT2D eigenvalue weighted by Crippen LogP contribution is 2.27. The summed E-state index contributed by atoms with van der Waals surface area (Å²) in [7, 11) is -3.12. The zero-order valence-electron chi connectivity index (χ0n) is 16.8. The summed E-state index contributed by atoms with van der Waals surface area (Å²) < 4.78 is 24.8. The molecule has 0 unspecified atom stereocenters. The molecule has 30 heavy (non-hydrogen) atoms. The maximum Gasteiger partial charge on any atom is 0.211 e. The number of piperidine rings is 1. The number of nitrogens with zero attached hydrogens (tertiary/aromatic N) is 2. The van der Waals surface area contributed by atoms with E-state index < -0.39 is 10.0 Å². The third-order valence-corrected chi connectivity index (χ3v) is 6.94. The Morgan fingerprint density at radius 1 is 1.13 bits per heavy atom. The van der Waals surface area contributed by atoms with Crippen molar-refractivity contribution in [2.24, 2.45) is 5.92 Å². The average Bonchev–Trinajstić information content (AvgIpc) is 3.18. The second-order valence-electron chi connectivity index (χ2n) is 7.83. The topological polar surface area (TPSA) is 107 Å². The number of rotatable bonds is 5. The molecule has 1 aromatic heterocycles. The lowest BCUT2D eigenvalue weighted by Gasteiger charge is -2.29. The summed E-state index contributed by atoms with van der Waals surface area (Å²) in [5.74, 6) is 0.751. The van der Waals surface area contributed by atoms with Gasteiger partial charge >= 0.3 is 0 Å². The summed E-state index contributed by atoms with van der Waals surface area (Å²) in [5.41, 5.74) is 2.97. The summed E-state index contributed by atoms with van der Waals surface area (Å²) in [4.78, 5) is 20.3. The Morgan fingerprint density at radius 3 is 2.50 bits per heavy atom. The van der Waals surface area contributed by atoms with Gasteiger partial charge in [0.1, 0.15) is 5.82 Å². The Balaban J connectivity index is 1.44. The molecular formula is C22H24N4O3S. The number of carbonyl (C=O) groups excluding carboxylic acids is 1. The highest BCUT2D eigenvalue weighted by molar-refractivity contribution is 7.88. The van der Waals surface area contributed by atoms with E-state index in [-0.39, 0.29) is 11.5 Å². The molecule has 4 rings (SSSR count).